The van der Waals surface area contributed by atoms with E-state index in [2.05, 4.69) is 0 Å². The molecule has 2 N–H and O–H groups in total. The minimum atomic E-state index is -1.94. The van der Waals surface area contributed by atoms with Crippen LogP contribution in [0.25, 0.3) is 21.5 Å². The van der Waals surface area contributed by atoms with Crippen molar-refractivity contribution in [2.75, 3.05) is 0 Å². The summed E-state index contributed by atoms with van der Waals surface area (Å²) >= 11 is 0. The third-order valence-corrected chi connectivity index (χ3v) is 5.46. The molecule has 4 heteroatoms. The normalized spacial score (nSPS) is 11.6. The molecule has 144 valence electrons. The zero-order valence-corrected chi connectivity index (χ0v) is 15.7. The molecule has 29 heavy (non-hydrogen) atoms. The van der Waals surface area contributed by atoms with Gasteiger partial charge in [0.2, 0.25) is 0 Å². The SMILES string of the molecule is O=C(O)C(Cc1ccc2ccccc2c1)(Cc1ccc2ccccc2c1)C(=O)O. The van der Waals surface area contributed by atoms with Crippen LogP contribution in [-0.4, -0.2) is 22.2 Å². The Hall–Kier alpha value is -3.66. The van der Waals surface area contributed by atoms with E-state index in [1.54, 1.807) is 0 Å². The molecule has 0 amide bonds. The molecule has 4 rings (SSSR count). The Morgan fingerprint density at radius 3 is 1.34 bits per heavy atom. The maximum absolute atomic E-state index is 12.2. The zero-order chi connectivity index (χ0) is 20.4. The van der Waals surface area contributed by atoms with Gasteiger partial charge in [0.05, 0.1) is 0 Å². The van der Waals surface area contributed by atoms with Crippen LogP contribution in [0.3, 0.4) is 0 Å². The smallest absolute Gasteiger partial charge is 0.321 e. The standard InChI is InChI=1S/C25H20O4/c26-23(27)25(24(28)29,15-17-9-11-19-5-1-3-7-21(19)13-17)16-18-10-12-20-6-2-4-8-22(20)14-18/h1-14H,15-16H2,(H,26,27)(H,28,29). The Labute approximate surface area is 168 Å². The van der Waals surface area contributed by atoms with Crippen LogP contribution in [0.15, 0.2) is 84.9 Å². The summed E-state index contributed by atoms with van der Waals surface area (Å²) in [6.45, 7) is 0. The summed E-state index contributed by atoms with van der Waals surface area (Å²) in [7, 11) is 0. The van der Waals surface area contributed by atoms with Crippen LogP contribution in [0.4, 0.5) is 0 Å². The molecule has 0 saturated carbocycles. The van der Waals surface area contributed by atoms with Crippen LogP contribution in [0.2, 0.25) is 0 Å². The van der Waals surface area contributed by atoms with E-state index in [1.807, 2.05) is 84.9 Å². The lowest BCUT2D eigenvalue weighted by Gasteiger charge is -2.25. The van der Waals surface area contributed by atoms with Gasteiger partial charge in [-0.2, -0.15) is 0 Å². The summed E-state index contributed by atoms with van der Waals surface area (Å²) in [4.78, 5) is 24.4. The summed E-state index contributed by atoms with van der Waals surface area (Å²) in [5.41, 5.74) is -0.561. The van der Waals surface area contributed by atoms with Crippen molar-refractivity contribution in [3.05, 3.63) is 96.1 Å². The summed E-state index contributed by atoms with van der Waals surface area (Å²) in [6.07, 6.45) is -0.176. The predicted octanol–water partition coefficient (Wildman–Crippen LogP) is 4.93. The summed E-state index contributed by atoms with van der Waals surface area (Å²) in [5.74, 6) is -2.65. The molecule has 0 aliphatic heterocycles. The van der Waals surface area contributed by atoms with Crippen LogP contribution >= 0.6 is 0 Å². The fourth-order valence-electron chi connectivity index (χ4n) is 3.85. The molecular weight excluding hydrogens is 364 g/mol. The van der Waals surface area contributed by atoms with Gasteiger partial charge in [-0.05, 0) is 45.5 Å². The molecule has 0 fully saturated rings. The van der Waals surface area contributed by atoms with E-state index >= 15 is 0 Å². The van der Waals surface area contributed by atoms with Gasteiger partial charge in [0, 0.05) is 0 Å². The number of carboxylic acids is 2. The molecule has 0 saturated heterocycles. The van der Waals surface area contributed by atoms with Crippen molar-refractivity contribution >= 4 is 33.5 Å². The van der Waals surface area contributed by atoms with E-state index in [0.29, 0.717) is 11.1 Å². The van der Waals surface area contributed by atoms with Crippen LogP contribution in [0.5, 0.6) is 0 Å². The van der Waals surface area contributed by atoms with Gasteiger partial charge >= 0.3 is 11.9 Å². The highest BCUT2D eigenvalue weighted by Crippen LogP contribution is 2.31. The van der Waals surface area contributed by atoms with E-state index in [1.165, 1.54) is 0 Å². The zero-order valence-electron chi connectivity index (χ0n) is 15.7. The van der Waals surface area contributed by atoms with Gasteiger partial charge in [-0.1, -0.05) is 84.9 Å². The average Bonchev–Trinajstić information content (AvgIpc) is 2.72. The number of fused-ring (bicyclic) bond motifs is 2. The van der Waals surface area contributed by atoms with Crippen molar-refractivity contribution in [1.82, 2.24) is 0 Å². The predicted molar refractivity (Wildman–Crippen MR) is 113 cm³/mol. The molecule has 0 spiro atoms. The number of hydrogen-bond donors (Lipinski definition) is 2. The molecule has 4 nitrogen and oxygen atoms in total. The third-order valence-electron chi connectivity index (χ3n) is 5.46. The van der Waals surface area contributed by atoms with Crippen LogP contribution in [-0.2, 0) is 22.4 Å². The number of hydrogen-bond acceptors (Lipinski definition) is 2. The molecule has 0 aromatic heterocycles. The largest absolute Gasteiger partial charge is 0.480 e. The second kappa shape index (κ2) is 7.40. The van der Waals surface area contributed by atoms with Crippen LogP contribution in [0, 0.1) is 5.41 Å². The topological polar surface area (TPSA) is 74.6 Å². The van der Waals surface area contributed by atoms with E-state index < -0.39 is 17.4 Å². The second-order valence-electron chi connectivity index (χ2n) is 7.41. The first-order chi connectivity index (χ1) is 14.0. The second-order valence-corrected chi connectivity index (χ2v) is 7.41. The summed E-state index contributed by atoms with van der Waals surface area (Å²) in [5, 5.41) is 23.9. The van der Waals surface area contributed by atoms with Gasteiger partial charge in [0.25, 0.3) is 0 Å². The number of benzene rings is 4. The first-order valence-corrected chi connectivity index (χ1v) is 9.40. The number of carbonyl (C=O) groups is 2. The van der Waals surface area contributed by atoms with Crippen molar-refractivity contribution in [2.24, 2.45) is 5.41 Å². The van der Waals surface area contributed by atoms with Crippen molar-refractivity contribution < 1.29 is 19.8 Å². The molecule has 0 bridgehead atoms. The van der Waals surface area contributed by atoms with Crippen LogP contribution in [0.1, 0.15) is 11.1 Å². The Kier molecular flexibility index (Phi) is 4.77. The molecule has 4 aromatic rings. The maximum atomic E-state index is 12.2. The fourth-order valence-corrected chi connectivity index (χ4v) is 3.85. The molecule has 0 aliphatic rings. The van der Waals surface area contributed by atoms with E-state index in [-0.39, 0.29) is 12.8 Å². The van der Waals surface area contributed by atoms with Crippen molar-refractivity contribution in [2.45, 2.75) is 12.8 Å². The number of carboxylic acid groups (broad SMARTS) is 2. The van der Waals surface area contributed by atoms with Gasteiger partial charge in [-0.15, -0.1) is 0 Å². The van der Waals surface area contributed by atoms with Crippen molar-refractivity contribution in [1.29, 1.82) is 0 Å². The molecule has 4 aromatic carbocycles. The molecule has 0 radical (unpaired) electrons. The van der Waals surface area contributed by atoms with E-state index in [0.717, 1.165) is 21.5 Å². The Balaban J connectivity index is 1.74. The van der Waals surface area contributed by atoms with Gasteiger partial charge in [-0.25, -0.2) is 0 Å². The highest BCUT2D eigenvalue weighted by Gasteiger charge is 2.46. The van der Waals surface area contributed by atoms with Gasteiger partial charge in [0.1, 0.15) is 0 Å². The monoisotopic (exact) mass is 384 g/mol. The molecule has 0 heterocycles. The molecule has 0 atom stereocenters. The van der Waals surface area contributed by atoms with Crippen LogP contribution < -0.4 is 0 Å². The molecule has 0 aliphatic carbocycles. The lowest BCUT2D eigenvalue weighted by Crippen LogP contribution is -2.43. The number of aliphatic carboxylic acids is 2. The quantitative estimate of drug-likeness (QED) is 0.462. The number of rotatable bonds is 6. The minimum Gasteiger partial charge on any atom is -0.480 e. The Morgan fingerprint density at radius 1 is 0.586 bits per heavy atom. The van der Waals surface area contributed by atoms with E-state index in [4.69, 9.17) is 0 Å². The first-order valence-electron chi connectivity index (χ1n) is 9.40. The van der Waals surface area contributed by atoms with Crippen molar-refractivity contribution in [3.63, 3.8) is 0 Å². The Bertz CT molecular complexity index is 1130. The average molecular weight is 384 g/mol. The van der Waals surface area contributed by atoms with Gasteiger partial charge in [-0.3, -0.25) is 9.59 Å². The highest BCUT2D eigenvalue weighted by atomic mass is 16.4. The Morgan fingerprint density at radius 2 is 0.966 bits per heavy atom. The third kappa shape index (κ3) is 3.57. The fraction of sp³-hybridized carbons (Fsp3) is 0.120. The summed E-state index contributed by atoms with van der Waals surface area (Å²) in [6, 6.07) is 26.6. The summed E-state index contributed by atoms with van der Waals surface area (Å²) < 4.78 is 0. The first kappa shape index (κ1) is 18.7. The molecule has 0 unspecified atom stereocenters. The van der Waals surface area contributed by atoms with Gasteiger partial charge in [0.15, 0.2) is 5.41 Å². The molecular formula is C25H20O4. The lowest BCUT2D eigenvalue weighted by molar-refractivity contribution is -0.164. The highest BCUT2D eigenvalue weighted by molar-refractivity contribution is 5.99. The lowest BCUT2D eigenvalue weighted by atomic mass is 9.76. The van der Waals surface area contributed by atoms with Gasteiger partial charge < -0.3 is 10.2 Å². The maximum Gasteiger partial charge on any atom is 0.321 e. The minimum absolute atomic E-state index is 0.0880. The van der Waals surface area contributed by atoms with Crippen molar-refractivity contribution in [3.8, 4) is 0 Å². The van der Waals surface area contributed by atoms with E-state index in [9.17, 15) is 19.8 Å².